The summed E-state index contributed by atoms with van der Waals surface area (Å²) in [7, 11) is 1.61. The molecule has 1 aromatic heterocycles. The van der Waals surface area contributed by atoms with E-state index in [2.05, 4.69) is 34.7 Å². The first-order valence-electron chi connectivity index (χ1n) is 8.71. The van der Waals surface area contributed by atoms with Crippen molar-refractivity contribution in [1.29, 1.82) is 0 Å². The molecule has 1 amide bonds. The van der Waals surface area contributed by atoms with Crippen molar-refractivity contribution in [3.63, 3.8) is 0 Å². The lowest BCUT2D eigenvalue weighted by atomic mass is 10.0. The molecule has 0 saturated carbocycles. The van der Waals surface area contributed by atoms with Crippen LogP contribution < -0.4 is 15.4 Å². The number of ether oxygens (including phenoxy) is 1. The van der Waals surface area contributed by atoms with Crippen molar-refractivity contribution in [3.05, 3.63) is 71.9 Å². The van der Waals surface area contributed by atoms with Crippen molar-refractivity contribution in [3.8, 4) is 5.75 Å². The van der Waals surface area contributed by atoms with E-state index in [0.29, 0.717) is 11.7 Å². The SMILES string of the molecule is COc1cccc(Nc2ccc(C(=O)Nc3ccc(C(C)C)cc3)nn2)c1. The molecular formula is C21H22N4O2. The first kappa shape index (κ1) is 18.4. The molecule has 6 heteroatoms. The van der Waals surface area contributed by atoms with Gasteiger partial charge in [0.1, 0.15) is 5.75 Å². The molecule has 0 atom stereocenters. The molecule has 2 aromatic carbocycles. The van der Waals surface area contributed by atoms with Gasteiger partial charge in [-0.3, -0.25) is 4.79 Å². The van der Waals surface area contributed by atoms with Crippen molar-refractivity contribution in [2.75, 3.05) is 17.7 Å². The third-order valence-corrected chi connectivity index (χ3v) is 4.07. The average Bonchev–Trinajstić information content (AvgIpc) is 2.69. The molecule has 27 heavy (non-hydrogen) atoms. The number of carbonyl (C=O) groups is 1. The maximum absolute atomic E-state index is 12.3. The van der Waals surface area contributed by atoms with Crippen LogP contribution in [-0.4, -0.2) is 23.2 Å². The Morgan fingerprint density at radius 2 is 1.74 bits per heavy atom. The smallest absolute Gasteiger partial charge is 0.276 e. The van der Waals surface area contributed by atoms with Crippen LogP contribution in [0.5, 0.6) is 5.75 Å². The number of methoxy groups -OCH3 is 1. The van der Waals surface area contributed by atoms with Crippen molar-refractivity contribution in [1.82, 2.24) is 10.2 Å². The van der Waals surface area contributed by atoms with Gasteiger partial charge in [-0.25, -0.2) is 0 Å². The minimum atomic E-state index is -0.298. The topological polar surface area (TPSA) is 76.1 Å². The normalized spacial score (nSPS) is 10.5. The van der Waals surface area contributed by atoms with Gasteiger partial charge in [-0.2, -0.15) is 0 Å². The first-order chi connectivity index (χ1) is 13.0. The highest BCUT2D eigenvalue weighted by atomic mass is 16.5. The van der Waals surface area contributed by atoms with Gasteiger partial charge in [-0.15, -0.1) is 10.2 Å². The van der Waals surface area contributed by atoms with E-state index in [1.165, 1.54) is 5.56 Å². The highest BCUT2D eigenvalue weighted by molar-refractivity contribution is 6.02. The van der Waals surface area contributed by atoms with Crippen molar-refractivity contribution in [2.45, 2.75) is 19.8 Å². The molecule has 0 aliphatic rings. The molecule has 0 aliphatic carbocycles. The number of benzene rings is 2. The predicted molar refractivity (Wildman–Crippen MR) is 107 cm³/mol. The van der Waals surface area contributed by atoms with Gasteiger partial charge in [-0.05, 0) is 47.9 Å². The molecule has 1 heterocycles. The maximum Gasteiger partial charge on any atom is 0.276 e. The molecule has 0 aliphatic heterocycles. The zero-order valence-corrected chi connectivity index (χ0v) is 15.6. The van der Waals surface area contributed by atoms with Gasteiger partial charge >= 0.3 is 0 Å². The van der Waals surface area contributed by atoms with Crippen molar-refractivity contribution in [2.24, 2.45) is 0 Å². The molecule has 0 bridgehead atoms. The first-order valence-corrected chi connectivity index (χ1v) is 8.71. The Balaban J connectivity index is 1.64. The largest absolute Gasteiger partial charge is 0.497 e. The van der Waals surface area contributed by atoms with E-state index in [-0.39, 0.29) is 11.6 Å². The predicted octanol–water partition coefficient (Wildman–Crippen LogP) is 4.60. The van der Waals surface area contributed by atoms with Crippen LogP contribution in [0.1, 0.15) is 35.8 Å². The van der Waals surface area contributed by atoms with Crippen LogP contribution in [0.2, 0.25) is 0 Å². The summed E-state index contributed by atoms with van der Waals surface area (Å²) in [6.45, 7) is 4.26. The number of carbonyl (C=O) groups excluding carboxylic acids is 1. The molecule has 0 radical (unpaired) electrons. The summed E-state index contributed by atoms with van der Waals surface area (Å²) >= 11 is 0. The molecule has 0 fully saturated rings. The number of anilines is 3. The van der Waals surface area contributed by atoms with Crippen LogP contribution in [-0.2, 0) is 0 Å². The number of amides is 1. The third kappa shape index (κ3) is 4.82. The van der Waals surface area contributed by atoms with E-state index in [0.717, 1.165) is 17.1 Å². The fourth-order valence-electron chi connectivity index (χ4n) is 2.52. The van der Waals surface area contributed by atoms with Crippen LogP contribution >= 0.6 is 0 Å². The lowest BCUT2D eigenvalue weighted by Crippen LogP contribution is -2.14. The van der Waals surface area contributed by atoms with E-state index in [1.807, 2.05) is 48.5 Å². The number of hydrogen-bond acceptors (Lipinski definition) is 5. The number of hydrogen-bond donors (Lipinski definition) is 2. The van der Waals surface area contributed by atoms with Crippen LogP contribution in [0.25, 0.3) is 0 Å². The maximum atomic E-state index is 12.3. The van der Waals surface area contributed by atoms with Gasteiger partial charge < -0.3 is 15.4 Å². The Kier molecular flexibility index (Phi) is 5.66. The zero-order chi connectivity index (χ0) is 19.2. The Morgan fingerprint density at radius 3 is 2.37 bits per heavy atom. The lowest BCUT2D eigenvalue weighted by molar-refractivity contribution is 0.102. The minimum Gasteiger partial charge on any atom is -0.497 e. The second kappa shape index (κ2) is 8.31. The van der Waals surface area contributed by atoms with Gasteiger partial charge in [0.25, 0.3) is 5.91 Å². The summed E-state index contributed by atoms with van der Waals surface area (Å²) in [5, 5.41) is 14.0. The summed E-state index contributed by atoms with van der Waals surface area (Å²) < 4.78 is 5.19. The monoisotopic (exact) mass is 362 g/mol. The number of aromatic nitrogens is 2. The van der Waals surface area contributed by atoms with Crippen LogP contribution in [0, 0.1) is 0 Å². The van der Waals surface area contributed by atoms with E-state index in [9.17, 15) is 4.79 Å². The minimum absolute atomic E-state index is 0.249. The fraction of sp³-hybridized carbons (Fsp3) is 0.190. The van der Waals surface area contributed by atoms with Gasteiger partial charge in [-0.1, -0.05) is 32.0 Å². The summed E-state index contributed by atoms with van der Waals surface area (Å²) in [5.41, 5.74) is 3.02. The van der Waals surface area contributed by atoms with E-state index in [4.69, 9.17) is 4.74 Å². The average molecular weight is 362 g/mol. The number of nitrogens with one attached hydrogen (secondary N) is 2. The van der Waals surface area contributed by atoms with Gasteiger partial charge in [0.05, 0.1) is 7.11 Å². The zero-order valence-electron chi connectivity index (χ0n) is 15.6. The molecule has 2 N–H and O–H groups in total. The third-order valence-electron chi connectivity index (χ3n) is 4.07. The molecule has 0 saturated heterocycles. The summed E-state index contributed by atoms with van der Waals surface area (Å²) in [5.74, 6) is 1.44. The van der Waals surface area contributed by atoms with E-state index >= 15 is 0 Å². The molecule has 3 aromatic rings. The van der Waals surface area contributed by atoms with Crippen molar-refractivity contribution < 1.29 is 9.53 Å². The Labute approximate surface area is 158 Å². The fourth-order valence-corrected chi connectivity index (χ4v) is 2.52. The van der Waals surface area contributed by atoms with Gasteiger partial charge in [0.15, 0.2) is 11.5 Å². The Hall–Kier alpha value is -3.41. The van der Waals surface area contributed by atoms with E-state index in [1.54, 1.807) is 19.2 Å². The molecule has 138 valence electrons. The standard InChI is InChI=1S/C21H22N4O2/c1-14(2)15-7-9-16(10-8-15)23-21(26)19-11-12-20(25-24-19)22-17-5-4-6-18(13-17)27-3/h4-14H,1-3H3,(H,22,25)(H,23,26). The van der Waals surface area contributed by atoms with Crippen LogP contribution in [0.15, 0.2) is 60.7 Å². The highest BCUT2D eigenvalue weighted by Gasteiger charge is 2.09. The van der Waals surface area contributed by atoms with Crippen LogP contribution in [0.4, 0.5) is 17.2 Å². The van der Waals surface area contributed by atoms with Crippen LogP contribution in [0.3, 0.4) is 0 Å². The molecule has 0 spiro atoms. The van der Waals surface area contributed by atoms with E-state index < -0.39 is 0 Å². The molecule has 3 rings (SSSR count). The highest BCUT2D eigenvalue weighted by Crippen LogP contribution is 2.20. The molecular weight excluding hydrogens is 340 g/mol. The second-order valence-electron chi connectivity index (χ2n) is 6.39. The summed E-state index contributed by atoms with van der Waals surface area (Å²) in [4.78, 5) is 12.3. The Morgan fingerprint density at radius 1 is 0.963 bits per heavy atom. The van der Waals surface area contributed by atoms with Gasteiger partial charge in [0.2, 0.25) is 0 Å². The summed E-state index contributed by atoms with van der Waals surface area (Å²) in [6, 6.07) is 18.6. The number of rotatable bonds is 6. The molecule has 6 nitrogen and oxygen atoms in total. The number of nitrogens with zero attached hydrogens (tertiary/aromatic N) is 2. The lowest BCUT2D eigenvalue weighted by Gasteiger charge is -2.09. The molecule has 0 unspecified atom stereocenters. The second-order valence-corrected chi connectivity index (χ2v) is 6.39. The summed E-state index contributed by atoms with van der Waals surface area (Å²) in [6.07, 6.45) is 0. The quantitative estimate of drug-likeness (QED) is 0.670. The Bertz CT molecular complexity index is 906. The van der Waals surface area contributed by atoms with Gasteiger partial charge in [0, 0.05) is 17.4 Å². The van der Waals surface area contributed by atoms with Crippen molar-refractivity contribution >= 4 is 23.1 Å².